The normalized spacial score (nSPS) is 17.7. The summed E-state index contributed by atoms with van der Waals surface area (Å²) in [7, 11) is 1.43. The second kappa shape index (κ2) is 7.65. The Hall–Kier alpha value is -0.610. The first-order valence-electron chi connectivity index (χ1n) is 5.68. The van der Waals surface area contributed by atoms with Crippen molar-refractivity contribution in [3.05, 3.63) is 0 Å². The van der Waals surface area contributed by atoms with Crippen LogP contribution >= 0.6 is 0 Å². The van der Waals surface area contributed by atoms with Gasteiger partial charge in [-0.1, -0.05) is 0 Å². The van der Waals surface area contributed by atoms with E-state index >= 15 is 0 Å². The number of ether oxygens (including phenoxy) is 2. The van der Waals surface area contributed by atoms with E-state index in [0.29, 0.717) is 6.42 Å². The van der Waals surface area contributed by atoms with Gasteiger partial charge in [0.2, 0.25) is 0 Å². The third kappa shape index (κ3) is 5.74. The van der Waals surface area contributed by atoms with Crippen LogP contribution in [-0.2, 0) is 14.3 Å². The highest BCUT2D eigenvalue weighted by Crippen LogP contribution is 2.12. The minimum atomic E-state index is -0.122. The monoisotopic (exact) mass is 215 g/mol. The van der Waals surface area contributed by atoms with Gasteiger partial charge >= 0.3 is 5.97 Å². The van der Waals surface area contributed by atoms with Gasteiger partial charge in [0.15, 0.2) is 0 Å². The third-order valence-electron chi connectivity index (χ3n) is 2.74. The van der Waals surface area contributed by atoms with E-state index in [1.165, 1.54) is 7.11 Å². The molecule has 4 nitrogen and oxygen atoms in total. The van der Waals surface area contributed by atoms with Gasteiger partial charge in [0.1, 0.15) is 0 Å². The third-order valence-corrected chi connectivity index (χ3v) is 2.74. The highest BCUT2D eigenvalue weighted by Gasteiger charge is 2.12. The van der Waals surface area contributed by atoms with E-state index in [2.05, 4.69) is 10.1 Å². The van der Waals surface area contributed by atoms with Crippen LogP contribution in [0.5, 0.6) is 0 Å². The van der Waals surface area contributed by atoms with Crippen LogP contribution in [0.15, 0.2) is 0 Å². The summed E-state index contributed by atoms with van der Waals surface area (Å²) < 4.78 is 9.85. The zero-order valence-electron chi connectivity index (χ0n) is 9.46. The topological polar surface area (TPSA) is 47.6 Å². The summed E-state index contributed by atoms with van der Waals surface area (Å²) in [5, 5.41) is 3.37. The maximum atomic E-state index is 10.8. The fraction of sp³-hybridized carbons (Fsp3) is 0.909. The number of methoxy groups -OCH3 is 1. The lowest BCUT2D eigenvalue weighted by molar-refractivity contribution is -0.140. The van der Waals surface area contributed by atoms with E-state index in [1.807, 2.05) is 0 Å². The van der Waals surface area contributed by atoms with E-state index in [9.17, 15) is 4.79 Å². The molecule has 0 aromatic carbocycles. The van der Waals surface area contributed by atoms with E-state index in [-0.39, 0.29) is 5.97 Å². The number of hydrogen-bond acceptors (Lipinski definition) is 4. The molecule has 0 spiro atoms. The van der Waals surface area contributed by atoms with Crippen molar-refractivity contribution in [2.24, 2.45) is 5.92 Å². The van der Waals surface area contributed by atoms with Crippen molar-refractivity contribution >= 4 is 5.97 Å². The Bertz CT molecular complexity index is 179. The highest BCUT2D eigenvalue weighted by atomic mass is 16.5. The van der Waals surface area contributed by atoms with Gasteiger partial charge in [-0.3, -0.25) is 4.79 Å². The summed E-state index contributed by atoms with van der Waals surface area (Å²) in [6.45, 7) is 3.74. The lowest BCUT2D eigenvalue weighted by atomic mass is 10.0. The molecule has 4 heteroatoms. The largest absolute Gasteiger partial charge is 0.469 e. The quantitative estimate of drug-likeness (QED) is 0.529. The van der Waals surface area contributed by atoms with Crippen LogP contribution in [0.1, 0.15) is 25.7 Å². The van der Waals surface area contributed by atoms with Crippen molar-refractivity contribution in [1.29, 1.82) is 0 Å². The molecular formula is C11H21NO3. The predicted octanol–water partition coefficient (Wildman–Crippen LogP) is 0.956. The van der Waals surface area contributed by atoms with Crippen molar-refractivity contribution in [1.82, 2.24) is 5.32 Å². The average molecular weight is 215 g/mol. The van der Waals surface area contributed by atoms with Crippen LogP contribution in [0.4, 0.5) is 0 Å². The lowest BCUT2D eigenvalue weighted by Crippen LogP contribution is -2.28. The Balaban J connectivity index is 1.89. The molecule has 0 atom stereocenters. The van der Waals surface area contributed by atoms with E-state index in [4.69, 9.17) is 4.74 Å². The summed E-state index contributed by atoms with van der Waals surface area (Å²) >= 11 is 0. The van der Waals surface area contributed by atoms with E-state index in [0.717, 1.165) is 51.5 Å². The van der Waals surface area contributed by atoms with Gasteiger partial charge in [0.25, 0.3) is 0 Å². The van der Waals surface area contributed by atoms with Crippen LogP contribution in [0.25, 0.3) is 0 Å². The Morgan fingerprint density at radius 3 is 2.87 bits per heavy atom. The second-order valence-corrected chi connectivity index (χ2v) is 3.94. The van der Waals surface area contributed by atoms with Gasteiger partial charge in [0, 0.05) is 19.6 Å². The minimum Gasteiger partial charge on any atom is -0.469 e. The van der Waals surface area contributed by atoms with E-state index < -0.39 is 0 Å². The zero-order valence-corrected chi connectivity index (χ0v) is 9.46. The molecule has 0 amide bonds. The molecule has 0 aromatic rings. The molecular weight excluding hydrogens is 194 g/mol. The van der Waals surface area contributed by atoms with Gasteiger partial charge in [-0.05, 0) is 38.3 Å². The summed E-state index contributed by atoms with van der Waals surface area (Å²) in [6.07, 6.45) is 3.68. The first-order valence-corrected chi connectivity index (χ1v) is 5.68. The first kappa shape index (κ1) is 12.5. The molecule has 0 aliphatic carbocycles. The molecule has 0 radical (unpaired) electrons. The summed E-state index contributed by atoms with van der Waals surface area (Å²) in [5.41, 5.74) is 0. The fourth-order valence-corrected chi connectivity index (χ4v) is 1.72. The van der Waals surface area contributed by atoms with E-state index in [1.54, 1.807) is 0 Å². The van der Waals surface area contributed by atoms with Gasteiger partial charge < -0.3 is 14.8 Å². The van der Waals surface area contributed by atoms with Crippen LogP contribution in [0, 0.1) is 5.92 Å². The highest BCUT2D eigenvalue weighted by molar-refractivity contribution is 5.68. The number of carbonyl (C=O) groups excluding carboxylic acids is 1. The molecule has 1 rings (SSSR count). The zero-order chi connectivity index (χ0) is 10.9. The van der Waals surface area contributed by atoms with Gasteiger partial charge in [0.05, 0.1) is 7.11 Å². The molecule has 1 aliphatic rings. The Morgan fingerprint density at radius 1 is 1.47 bits per heavy atom. The molecule has 1 N–H and O–H groups in total. The fourth-order valence-electron chi connectivity index (χ4n) is 1.72. The van der Waals surface area contributed by atoms with Crippen LogP contribution in [0.3, 0.4) is 0 Å². The summed E-state index contributed by atoms with van der Waals surface area (Å²) in [6, 6.07) is 0. The molecule has 1 heterocycles. The Kier molecular flexibility index (Phi) is 6.36. The van der Waals surface area contributed by atoms with Crippen molar-refractivity contribution in [3.8, 4) is 0 Å². The molecule has 0 aromatic heterocycles. The summed E-state index contributed by atoms with van der Waals surface area (Å²) in [4.78, 5) is 10.8. The molecule has 1 fully saturated rings. The molecule has 15 heavy (non-hydrogen) atoms. The molecule has 0 unspecified atom stereocenters. The number of nitrogens with one attached hydrogen (secondary N) is 1. The van der Waals surface area contributed by atoms with Crippen molar-refractivity contribution in [2.75, 3.05) is 33.4 Å². The number of hydrogen-bond donors (Lipinski definition) is 1. The van der Waals surface area contributed by atoms with Gasteiger partial charge in [-0.15, -0.1) is 0 Å². The molecule has 0 bridgehead atoms. The lowest BCUT2D eigenvalue weighted by Gasteiger charge is -2.22. The standard InChI is InChI=1S/C11H21NO3/c1-14-11(13)3-2-6-12-9-10-4-7-15-8-5-10/h10,12H,2-9H2,1H3. The minimum absolute atomic E-state index is 0.122. The Labute approximate surface area is 91.3 Å². The SMILES string of the molecule is COC(=O)CCCNCC1CCOCC1. The van der Waals surface area contributed by atoms with Crippen LogP contribution in [0.2, 0.25) is 0 Å². The molecule has 1 aliphatic heterocycles. The average Bonchev–Trinajstić information content (AvgIpc) is 2.29. The Morgan fingerprint density at radius 2 is 2.20 bits per heavy atom. The molecule has 1 saturated heterocycles. The maximum Gasteiger partial charge on any atom is 0.305 e. The summed E-state index contributed by atoms with van der Waals surface area (Å²) in [5.74, 6) is 0.625. The maximum absolute atomic E-state index is 10.8. The van der Waals surface area contributed by atoms with Gasteiger partial charge in [-0.2, -0.15) is 0 Å². The predicted molar refractivity (Wildman–Crippen MR) is 57.7 cm³/mol. The van der Waals surface area contributed by atoms with Crippen LogP contribution < -0.4 is 5.32 Å². The van der Waals surface area contributed by atoms with Crippen molar-refractivity contribution in [2.45, 2.75) is 25.7 Å². The smallest absolute Gasteiger partial charge is 0.305 e. The number of rotatable bonds is 6. The first-order chi connectivity index (χ1) is 7.33. The van der Waals surface area contributed by atoms with Crippen LogP contribution in [-0.4, -0.2) is 39.4 Å². The van der Waals surface area contributed by atoms with Crippen molar-refractivity contribution in [3.63, 3.8) is 0 Å². The molecule has 88 valence electrons. The van der Waals surface area contributed by atoms with Gasteiger partial charge in [-0.25, -0.2) is 0 Å². The number of carbonyl (C=O) groups is 1. The molecule has 0 saturated carbocycles. The second-order valence-electron chi connectivity index (χ2n) is 3.94. The van der Waals surface area contributed by atoms with Crippen molar-refractivity contribution < 1.29 is 14.3 Å². The number of esters is 1.